The average molecular weight is 450 g/mol. The molecule has 3 unspecified atom stereocenters. The number of anilines is 2. The van der Waals surface area contributed by atoms with E-state index in [9.17, 15) is 9.59 Å². The third-order valence-corrected chi connectivity index (χ3v) is 4.63. The molecule has 1 aromatic carbocycles. The van der Waals surface area contributed by atoms with E-state index in [1.807, 2.05) is 24.3 Å². The van der Waals surface area contributed by atoms with Crippen molar-refractivity contribution in [2.75, 3.05) is 11.5 Å². The molecule has 1 aromatic heterocycles. The molecular weight excluding hydrogens is 434 g/mol. The van der Waals surface area contributed by atoms with Crippen LogP contribution in [0.5, 0.6) is 0 Å². The fourth-order valence-corrected chi connectivity index (χ4v) is 2.69. The van der Waals surface area contributed by atoms with Crippen LogP contribution in [0.15, 0.2) is 33.9 Å². The number of hydrogen-bond donors (Lipinski definition) is 3. The van der Waals surface area contributed by atoms with Crippen LogP contribution in [0.1, 0.15) is 23.6 Å². The normalized spacial score (nSPS) is 16.0. The average Bonchev–Trinajstić information content (AvgIpc) is 2.97. The maximum atomic E-state index is 12.0. The van der Waals surface area contributed by atoms with Gasteiger partial charge in [-0.25, -0.2) is 4.79 Å². The molecule has 0 spiro atoms. The van der Waals surface area contributed by atoms with Crippen LogP contribution in [-0.2, 0) is 26.6 Å². The van der Waals surface area contributed by atoms with Crippen LogP contribution in [0.25, 0.3) is 0 Å². The Morgan fingerprint density at radius 3 is 2.14 bits per heavy atom. The number of nitrogens with zero attached hydrogens (tertiary/aromatic N) is 1. The van der Waals surface area contributed by atoms with Crippen molar-refractivity contribution < 1.29 is 82.1 Å². The molecule has 1 aliphatic rings. The molecule has 7 N–H and O–H groups in total. The molecule has 3 atom stereocenters. The first kappa shape index (κ1) is 29.9. The predicted octanol–water partition coefficient (Wildman–Crippen LogP) is -7.92. The van der Waals surface area contributed by atoms with Gasteiger partial charge in [-0.15, -0.1) is 0 Å². The monoisotopic (exact) mass is 450 g/mol. The van der Waals surface area contributed by atoms with E-state index >= 15 is 0 Å². The number of rotatable bonds is 2. The molecule has 0 radical (unpaired) electrons. The Balaban J connectivity index is 0. The van der Waals surface area contributed by atoms with Gasteiger partial charge < -0.3 is 26.0 Å². The van der Waals surface area contributed by atoms with Gasteiger partial charge in [-0.1, -0.05) is 24.3 Å². The molecule has 0 fully saturated rings. The Labute approximate surface area is 208 Å². The van der Waals surface area contributed by atoms with Gasteiger partial charge in [0.2, 0.25) is 0 Å². The first-order chi connectivity index (χ1) is 11.7. The maximum Gasteiger partial charge on any atom is 1.00 e. The van der Waals surface area contributed by atoms with Gasteiger partial charge in [0.05, 0.1) is 6.04 Å². The number of aryl methyl sites for hydroxylation is 1. The maximum absolute atomic E-state index is 12.0. The zero-order valence-corrected chi connectivity index (χ0v) is 20.8. The third kappa shape index (κ3) is 6.88. The summed E-state index contributed by atoms with van der Waals surface area (Å²) in [5.41, 5.74) is 12.4. The molecule has 0 bridgehead atoms. The summed E-state index contributed by atoms with van der Waals surface area (Å²) in [6.07, 6.45) is 1.65. The van der Waals surface area contributed by atoms with Crippen molar-refractivity contribution >= 4 is 31.7 Å². The van der Waals surface area contributed by atoms with E-state index < -0.39 is 31.5 Å². The van der Waals surface area contributed by atoms with Crippen LogP contribution < -0.4 is 81.8 Å². The minimum absolute atomic E-state index is 0. The van der Waals surface area contributed by atoms with Crippen LogP contribution in [0, 0.1) is 0 Å². The van der Waals surface area contributed by atoms with E-state index in [0.29, 0.717) is 0 Å². The van der Waals surface area contributed by atoms with Crippen molar-refractivity contribution in [3.05, 3.63) is 56.2 Å². The van der Waals surface area contributed by atoms with E-state index in [1.165, 1.54) is 10.1 Å². The summed E-state index contributed by atoms with van der Waals surface area (Å²) in [5, 5.41) is 0. The first-order valence-electron chi connectivity index (χ1n) is 6.90. The first-order valence-corrected chi connectivity index (χ1v) is 9.57. The van der Waals surface area contributed by atoms with E-state index in [4.69, 9.17) is 29.0 Å². The van der Waals surface area contributed by atoms with Crippen LogP contribution in [-0.4, -0.2) is 32.6 Å². The van der Waals surface area contributed by atoms with Crippen LogP contribution >= 0.6 is 0 Å². The Morgan fingerprint density at radius 2 is 1.61 bits per heavy atom. The molecule has 1 heterocycles. The van der Waals surface area contributed by atoms with Gasteiger partial charge in [0, 0.05) is 20.2 Å². The molecule has 15 heteroatoms. The number of nitrogen functional groups attached to an aromatic ring is 2. The molecule has 0 saturated heterocycles. The smallest absolute Gasteiger partial charge is 0.763 e. The van der Waals surface area contributed by atoms with Crippen molar-refractivity contribution in [3.63, 3.8) is 0 Å². The van der Waals surface area contributed by atoms with Gasteiger partial charge >= 0.3 is 64.8 Å². The second-order valence-corrected chi connectivity index (χ2v) is 7.54. The molecule has 11 nitrogen and oxygen atoms in total. The minimum Gasteiger partial charge on any atom is -0.763 e. The summed E-state index contributed by atoms with van der Waals surface area (Å²) in [7, 11) is -5.90. The van der Waals surface area contributed by atoms with Crippen LogP contribution in [0.4, 0.5) is 11.5 Å². The quantitative estimate of drug-likeness (QED) is 0.226. The zero-order chi connectivity index (χ0) is 18.7. The Kier molecular flexibility index (Phi) is 14.0. The molecule has 144 valence electrons. The molecule has 2 aromatic rings. The topological polar surface area (TPSA) is 219 Å². The van der Waals surface area contributed by atoms with Crippen molar-refractivity contribution in [2.45, 2.75) is 18.9 Å². The van der Waals surface area contributed by atoms with Crippen molar-refractivity contribution in [2.24, 2.45) is 0 Å². The molecule has 1 aliphatic carbocycles. The number of nitrogens with one attached hydrogen (secondary N) is 1. The van der Waals surface area contributed by atoms with E-state index in [-0.39, 0.29) is 82.1 Å². The summed E-state index contributed by atoms with van der Waals surface area (Å²) in [4.78, 5) is 25.6. The van der Waals surface area contributed by atoms with Gasteiger partial charge in [0.15, 0.2) is 0 Å². The summed E-state index contributed by atoms with van der Waals surface area (Å²) >= 11 is 0. The summed E-state index contributed by atoms with van der Waals surface area (Å²) in [6.45, 7) is 0. The minimum atomic E-state index is -2.95. The van der Waals surface area contributed by atoms with E-state index in [0.717, 1.165) is 18.4 Å². The van der Waals surface area contributed by atoms with Gasteiger partial charge in [-0.05, 0) is 24.0 Å². The molecular formula is C13H16N4Na2O7S2. The third-order valence-electron chi connectivity index (χ3n) is 3.74. The van der Waals surface area contributed by atoms with Crippen LogP contribution in [0.2, 0.25) is 0 Å². The number of H-pyrrole nitrogens is 1. The fourth-order valence-electron chi connectivity index (χ4n) is 2.69. The number of fused-ring (bicyclic) bond motifs is 1. The number of nitrogens with two attached hydrogens (primary N) is 2. The SMILES string of the molecule is Nc1c(N)n(C2CCc3ccccc32)c(=O)[nH]c1=O.O.O=S([O-])S(=O)[O-].[Na+].[Na+]. The summed E-state index contributed by atoms with van der Waals surface area (Å²) < 4.78 is 37.7. The number of benzene rings is 1. The summed E-state index contributed by atoms with van der Waals surface area (Å²) in [5.74, 6) is 0.0375. The van der Waals surface area contributed by atoms with Gasteiger partial charge in [0.1, 0.15) is 11.5 Å². The molecule has 0 aliphatic heterocycles. The standard InChI is InChI=1S/C13H14N4O2.2Na.H2O4S2.H2O/c14-10-11(15)17(13(19)16-12(10)18)9-6-5-7-3-1-2-4-8(7)9;;;1-5(2)6(3)4;/h1-4,9H,5-6,14-15H2,(H,16,18,19);;;(H,1,2)(H,3,4);1H2/q;2*+1;;/p-2. The van der Waals surface area contributed by atoms with Crippen molar-refractivity contribution in [1.29, 1.82) is 0 Å². The molecule has 3 rings (SSSR count). The van der Waals surface area contributed by atoms with Crippen molar-refractivity contribution in [1.82, 2.24) is 9.55 Å². The van der Waals surface area contributed by atoms with Crippen molar-refractivity contribution in [3.8, 4) is 0 Å². The Morgan fingerprint density at radius 1 is 1.07 bits per heavy atom. The summed E-state index contributed by atoms with van der Waals surface area (Å²) in [6, 6.07) is 7.73. The zero-order valence-electron chi connectivity index (χ0n) is 15.2. The van der Waals surface area contributed by atoms with Crippen LogP contribution in [0.3, 0.4) is 0 Å². The van der Waals surface area contributed by atoms with E-state index in [2.05, 4.69) is 4.98 Å². The molecule has 0 saturated carbocycles. The van der Waals surface area contributed by atoms with Gasteiger partial charge in [-0.3, -0.25) is 22.8 Å². The van der Waals surface area contributed by atoms with Gasteiger partial charge in [-0.2, -0.15) is 0 Å². The predicted molar refractivity (Wildman–Crippen MR) is 94.5 cm³/mol. The fraction of sp³-hybridized carbons (Fsp3) is 0.231. The second kappa shape index (κ2) is 13.1. The second-order valence-electron chi connectivity index (χ2n) is 5.09. The largest absolute Gasteiger partial charge is 1.00 e. The number of hydrogen-bond acceptors (Lipinski definition) is 8. The molecule has 0 amide bonds. The van der Waals surface area contributed by atoms with Gasteiger partial charge in [0.25, 0.3) is 5.56 Å². The molecule has 28 heavy (non-hydrogen) atoms. The Bertz CT molecular complexity index is 955. The Hall–Kier alpha value is -0.320. The van der Waals surface area contributed by atoms with E-state index in [1.54, 1.807) is 0 Å². The number of aromatic amines is 1. The number of aromatic nitrogens is 2.